The van der Waals surface area contributed by atoms with Gasteiger partial charge in [0.05, 0.1) is 10.0 Å². The van der Waals surface area contributed by atoms with Crippen molar-refractivity contribution in [3.63, 3.8) is 0 Å². The van der Waals surface area contributed by atoms with Crippen molar-refractivity contribution >= 4 is 39.1 Å². The molecule has 0 aromatic heterocycles. The minimum absolute atomic E-state index is 0.0286. The summed E-state index contributed by atoms with van der Waals surface area (Å²) in [5.41, 5.74) is 1.96. The number of nitrogens with one attached hydrogen (secondary N) is 1. The SMILES string of the molecule is CCNC(Cc1cccc(Cl)c1Cl)c1ccc(F)cc1Br. The van der Waals surface area contributed by atoms with E-state index in [2.05, 4.69) is 21.2 Å². The number of likely N-dealkylation sites (N-methyl/N-ethyl adjacent to an activating group) is 1. The van der Waals surface area contributed by atoms with Crippen molar-refractivity contribution in [3.05, 3.63) is 67.9 Å². The highest BCUT2D eigenvalue weighted by atomic mass is 79.9. The summed E-state index contributed by atoms with van der Waals surface area (Å²) in [6.45, 7) is 2.83. The highest BCUT2D eigenvalue weighted by molar-refractivity contribution is 9.10. The summed E-state index contributed by atoms with van der Waals surface area (Å²) in [5.74, 6) is -0.262. The summed E-state index contributed by atoms with van der Waals surface area (Å²) in [5, 5.41) is 4.51. The minimum atomic E-state index is -0.262. The Morgan fingerprint density at radius 3 is 2.67 bits per heavy atom. The van der Waals surface area contributed by atoms with Crippen LogP contribution in [0.1, 0.15) is 24.1 Å². The molecule has 112 valence electrons. The summed E-state index contributed by atoms with van der Waals surface area (Å²) in [7, 11) is 0. The molecular weight excluding hydrogens is 376 g/mol. The highest BCUT2D eigenvalue weighted by Gasteiger charge is 2.17. The Bertz CT molecular complexity index is 634. The lowest BCUT2D eigenvalue weighted by molar-refractivity contribution is 0.545. The van der Waals surface area contributed by atoms with E-state index in [1.807, 2.05) is 19.1 Å². The van der Waals surface area contributed by atoms with Gasteiger partial charge in [0.1, 0.15) is 5.82 Å². The fourth-order valence-corrected chi connectivity index (χ4v) is 3.27. The number of rotatable bonds is 5. The van der Waals surface area contributed by atoms with Crippen molar-refractivity contribution in [1.82, 2.24) is 5.32 Å². The average Bonchev–Trinajstić information content (AvgIpc) is 2.43. The van der Waals surface area contributed by atoms with Gasteiger partial charge in [-0.25, -0.2) is 4.39 Å². The zero-order valence-electron chi connectivity index (χ0n) is 11.5. The maximum atomic E-state index is 13.3. The van der Waals surface area contributed by atoms with Crippen molar-refractivity contribution in [3.8, 4) is 0 Å². The molecule has 2 rings (SSSR count). The third-order valence-electron chi connectivity index (χ3n) is 3.24. The Balaban J connectivity index is 2.33. The molecule has 0 radical (unpaired) electrons. The number of benzene rings is 2. The Hall–Kier alpha value is -0.610. The van der Waals surface area contributed by atoms with E-state index in [0.717, 1.165) is 22.1 Å². The van der Waals surface area contributed by atoms with Crippen molar-refractivity contribution in [1.29, 1.82) is 0 Å². The number of halogens is 4. The third-order valence-corrected chi connectivity index (χ3v) is 4.79. The van der Waals surface area contributed by atoms with E-state index in [9.17, 15) is 4.39 Å². The van der Waals surface area contributed by atoms with E-state index in [1.54, 1.807) is 12.1 Å². The molecule has 5 heteroatoms. The van der Waals surface area contributed by atoms with Crippen LogP contribution in [0.4, 0.5) is 4.39 Å². The molecule has 21 heavy (non-hydrogen) atoms. The first-order chi connectivity index (χ1) is 10.0. The molecule has 1 N–H and O–H groups in total. The van der Waals surface area contributed by atoms with E-state index >= 15 is 0 Å². The lowest BCUT2D eigenvalue weighted by atomic mass is 9.98. The van der Waals surface area contributed by atoms with E-state index in [1.165, 1.54) is 12.1 Å². The lowest BCUT2D eigenvalue weighted by Crippen LogP contribution is -2.23. The third kappa shape index (κ3) is 4.19. The van der Waals surface area contributed by atoms with Crippen LogP contribution in [0.3, 0.4) is 0 Å². The molecule has 0 amide bonds. The second kappa shape index (κ2) is 7.59. The van der Waals surface area contributed by atoms with Gasteiger partial charge in [0.2, 0.25) is 0 Å². The molecule has 0 saturated heterocycles. The van der Waals surface area contributed by atoms with Crippen LogP contribution >= 0.6 is 39.1 Å². The summed E-state index contributed by atoms with van der Waals surface area (Å²) in [4.78, 5) is 0. The normalized spacial score (nSPS) is 12.4. The van der Waals surface area contributed by atoms with Crippen LogP contribution in [0.25, 0.3) is 0 Å². The smallest absolute Gasteiger partial charge is 0.124 e. The molecule has 0 aliphatic heterocycles. The first-order valence-corrected chi connectivity index (χ1v) is 8.19. The van der Waals surface area contributed by atoms with Gasteiger partial charge in [-0.3, -0.25) is 0 Å². The molecule has 0 spiro atoms. The Kier molecular flexibility index (Phi) is 6.06. The average molecular weight is 391 g/mol. The molecule has 2 aromatic carbocycles. The summed E-state index contributed by atoms with van der Waals surface area (Å²) in [6.07, 6.45) is 0.678. The zero-order valence-corrected chi connectivity index (χ0v) is 14.6. The quantitative estimate of drug-likeness (QED) is 0.681. The Labute approximate surface area is 142 Å². The van der Waals surface area contributed by atoms with Gasteiger partial charge in [0.25, 0.3) is 0 Å². The van der Waals surface area contributed by atoms with E-state index < -0.39 is 0 Å². The first kappa shape index (κ1) is 16.8. The van der Waals surface area contributed by atoms with Gasteiger partial charge in [-0.2, -0.15) is 0 Å². The predicted octanol–water partition coefficient (Wildman–Crippen LogP) is 5.79. The second-order valence-electron chi connectivity index (χ2n) is 4.69. The van der Waals surface area contributed by atoms with Crippen LogP contribution in [0.15, 0.2) is 40.9 Å². The lowest BCUT2D eigenvalue weighted by Gasteiger charge is -2.21. The minimum Gasteiger partial charge on any atom is -0.310 e. The molecule has 1 atom stereocenters. The van der Waals surface area contributed by atoms with Gasteiger partial charge in [-0.15, -0.1) is 0 Å². The predicted molar refractivity (Wildman–Crippen MR) is 90.7 cm³/mol. The van der Waals surface area contributed by atoms with Gasteiger partial charge in [-0.1, -0.05) is 64.3 Å². The standard InChI is InChI=1S/C16H15BrCl2FN/c1-2-21-15(12-7-6-11(20)9-13(12)17)8-10-4-3-5-14(18)16(10)19/h3-7,9,15,21H,2,8H2,1H3. The van der Waals surface area contributed by atoms with Crippen molar-refractivity contribution in [2.75, 3.05) is 6.54 Å². The van der Waals surface area contributed by atoms with Crippen molar-refractivity contribution in [2.45, 2.75) is 19.4 Å². The van der Waals surface area contributed by atoms with Gasteiger partial charge < -0.3 is 5.32 Å². The van der Waals surface area contributed by atoms with Gasteiger partial charge in [0.15, 0.2) is 0 Å². The summed E-state index contributed by atoms with van der Waals surface area (Å²) in [6, 6.07) is 10.3. The van der Waals surface area contributed by atoms with E-state index in [0.29, 0.717) is 16.5 Å². The van der Waals surface area contributed by atoms with Crippen LogP contribution in [0.5, 0.6) is 0 Å². The largest absolute Gasteiger partial charge is 0.310 e. The number of hydrogen-bond donors (Lipinski definition) is 1. The Morgan fingerprint density at radius 1 is 1.24 bits per heavy atom. The first-order valence-electron chi connectivity index (χ1n) is 6.64. The number of hydrogen-bond acceptors (Lipinski definition) is 1. The molecule has 0 fully saturated rings. The molecule has 0 aliphatic carbocycles. The van der Waals surface area contributed by atoms with E-state index in [4.69, 9.17) is 23.2 Å². The molecule has 0 heterocycles. The van der Waals surface area contributed by atoms with Gasteiger partial charge in [-0.05, 0) is 42.3 Å². The highest BCUT2D eigenvalue weighted by Crippen LogP contribution is 2.31. The molecule has 0 bridgehead atoms. The maximum Gasteiger partial charge on any atom is 0.124 e. The van der Waals surface area contributed by atoms with Crippen LogP contribution in [0.2, 0.25) is 10.0 Å². The van der Waals surface area contributed by atoms with Crippen LogP contribution < -0.4 is 5.32 Å². The van der Waals surface area contributed by atoms with Gasteiger partial charge in [0, 0.05) is 10.5 Å². The monoisotopic (exact) mass is 389 g/mol. The molecular formula is C16H15BrCl2FN. The van der Waals surface area contributed by atoms with Crippen molar-refractivity contribution in [2.24, 2.45) is 0 Å². The maximum absolute atomic E-state index is 13.3. The van der Waals surface area contributed by atoms with Crippen LogP contribution in [0, 0.1) is 5.82 Å². The van der Waals surface area contributed by atoms with Crippen LogP contribution in [-0.2, 0) is 6.42 Å². The summed E-state index contributed by atoms with van der Waals surface area (Å²) < 4.78 is 14.0. The fraction of sp³-hybridized carbons (Fsp3) is 0.250. The molecule has 1 unspecified atom stereocenters. The van der Waals surface area contributed by atoms with Crippen LogP contribution in [-0.4, -0.2) is 6.54 Å². The molecule has 0 saturated carbocycles. The molecule has 0 aliphatic rings. The van der Waals surface area contributed by atoms with E-state index in [-0.39, 0.29) is 11.9 Å². The summed E-state index contributed by atoms with van der Waals surface area (Å²) >= 11 is 15.7. The van der Waals surface area contributed by atoms with Gasteiger partial charge >= 0.3 is 0 Å². The zero-order chi connectivity index (χ0) is 15.4. The fourth-order valence-electron chi connectivity index (χ4n) is 2.25. The Morgan fingerprint density at radius 2 is 2.00 bits per heavy atom. The second-order valence-corrected chi connectivity index (χ2v) is 6.33. The van der Waals surface area contributed by atoms with Crippen molar-refractivity contribution < 1.29 is 4.39 Å². The topological polar surface area (TPSA) is 12.0 Å². The molecule has 1 nitrogen and oxygen atoms in total. The molecule has 2 aromatic rings.